The van der Waals surface area contributed by atoms with E-state index in [2.05, 4.69) is 11.8 Å². The lowest BCUT2D eigenvalue weighted by Gasteiger charge is -2.32. The van der Waals surface area contributed by atoms with Gasteiger partial charge in [-0.1, -0.05) is 44.4 Å². The topological polar surface area (TPSA) is 70.2 Å². The van der Waals surface area contributed by atoms with Crippen LogP contribution in [0, 0.1) is 6.92 Å². The van der Waals surface area contributed by atoms with Crippen LogP contribution >= 0.6 is 0 Å². The van der Waals surface area contributed by atoms with E-state index in [0.717, 1.165) is 70.4 Å². The predicted molar refractivity (Wildman–Crippen MR) is 121 cm³/mol. The molecule has 0 aromatic heterocycles. The van der Waals surface area contributed by atoms with E-state index in [9.17, 15) is 13.2 Å². The van der Waals surface area contributed by atoms with Gasteiger partial charge in [0.2, 0.25) is 15.9 Å². The van der Waals surface area contributed by atoms with Crippen molar-refractivity contribution in [3.05, 3.63) is 29.8 Å². The lowest BCUT2D eigenvalue weighted by atomic mass is 10.2. The van der Waals surface area contributed by atoms with E-state index in [-0.39, 0.29) is 12.5 Å². The SMILES string of the molecule is CCCCCCN(CCN1CCOCC1)C(=O)CN(c1ccccc1C)S(C)(=O)=O. The van der Waals surface area contributed by atoms with E-state index in [1.54, 1.807) is 12.1 Å². The van der Waals surface area contributed by atoms with Crippen molar-refractivity contribution >= 4 is 21.6 Å². The van der Waals surface area contributed by atoms with Crippen molar-refractivity contribution in [2.75, 3.05) is 63.0 Å². The summed E-state index contributed by atoms with van der Waals surface area (Å²) >= 11 is 0. The Bertz CT molecular complexity index is 763. The summed E-state index contributed by atoms with van der Waals surface area (Å²) in [7, 11) is -3.57. The number of amides is 1. The number of unbranched alkanes of at least 4 members (excludes halogenated alkanes) is 3. The van der Waals surface area contributed by atoms with Gasteiger partial charge < -0.3 is 9.64 Å². The van der Waals surface area contributed by atoms with Gasteiger partial charge in [-0.2, -0.15) is 0 Å². The molecule has 1 aromatic carbocycles. The molecule has 170 valence electrons. The number of benzene rings is 1. The molecular formula is C22H37N3O4S. The van der Waals surface area contributed by atoms with E-state index in [1.807, 2.05) is 24.0 Å². The fourth-order valence-corrected chi connectivity index (χ4v) is 4.53. The minimum atomic E-state index is -3.57. The van der Waals surface area contributed by atoms with E-state index < -0.39 is 10.0 Å². The summed E-state index contributed by atoms with van der Waals surface area (Å²) in [6.45, 7) is 9.09. The second kappa shape index (κ2) is 12.3. The van der Waals surface area contributed by atoms with Gasteiger partial charge in [-0.15, -0.1) is 0 Å². The monoisotopic (exact) mass is 439 g/mol. The third-order valence-electron chi connectivity index (χ3n) is 5.49. The number of carbonyl (C=O) groups is 1. The van der Waals surface area contributed by atoms with Crippen LogP contribution < -0.4 is 4.31 Å². The molecule has 1 fully saturated rings. The number of sulfonamides is 1. The molecule has 7 nitrogen and oxygen atoms in total. The van der Waals surface area contributed by atoms with Gasteiger partial charge in [-0.05, 0) is 25.0 Å². The molecular weight excluding hydrogens is 402 g/mol. The Labute approximate surface area is 182 Å². The van der Waals surface area contributed by atoms with E-state index in [4.69, 9.17) is 4.74 Å². The number of hydrogen-bond donors (Lipinski definition) is 0. The van der Waals surface area contributed by atoms with Crippen molar-refractivity contribution < 1.29 is 17.9 Å². The van der Waals surface area contributed by atoms with Gasteiger partial charge in [0.25, 0.3) is 0 Å². The minimum absolute atomic E-state index is 0.145. The first-order chi connectivity index (χ1) is 14.3. The van der Waals surface area contributed by atoms with Gasteiger partial charge in [0.05, 0.1) is 25.2 Å². The second-order valence-corrected chi connectivity index (χ2v) is 9.86. The predicted octanol–water partition coefficient (Wildman–Crippen LogP) is 2.50. The van der Waals surface area contributed by atoms with Crippen LogP contribution in [-0.2, 0) is 19.6 Å². The van der Waals surface area contributed by atoms with Gasteiger partial charge in [0.1, 0.15) is 6.54 Å². The normalized spacial score (nSPS) is 15.2. The molecule has 30 heavy (non-hydrogen) atoms. The first-order valence-corrected chi connectivity index (χ1v) is 12.8. The highest BCUT2D eigenvalue weighted by Crippen LogP contribution is 2.22. The van der Waals surface area contributed by atoms with Crippen LogP contribution in [0.15, 0.2) is 24.3 Å². The van der Waals surface area contributed by atoms with Crippen LogP contribution in [0.25, 0.3) is 0 Å². The molecule has 1 heterocycles. The number of morpholine rings is 1. The average Bonchev–Trinajstić information content (AvgIpc) is 2.72. The summed E-state index contributed by atoms with van der Waals surface area (Å²) in [5.74, 6) is -0.145. The van der Waals surface area contributed by atoms with Crippen molar-refractivity contribution in [3.63, 3.8) is 0 Å². The highest BCUT2D eigenvalue weighted by molar-refractivity contribution is 7.92. The maximum Gasteiger partial charge on any atom is 0.243 e. The summed E-state index contributed by atoms with van der Waals surface area (Å²) in [5, 5.41) is 0. The van der Waals surface area contributed by atoms with Gasteiger partial charge in [0.15, 0.2) is 0 Å². The molecule has 1 saturated heterocycles. The third kappa shape index (κ3) is 7.89. The van der Waals surface area contributed by atoms with Crippen LogP contribution in [0.3, 0.4) is 0 Å². The molecule has 1 aromatic rings. The molecule has 0 radical (unpaired) electrons. The maximum atomic E-state index is 13.2. The average molecular weight is 440 g/mol. The molecule has 0 aliphatic carbocycles. The molecule has 0 saturated carbocycles. The van der Waals surface area contributed by atoms with E-state index >= 15 is 0 Å². The molecule has 0 atom stereocenters. The number of ether oxygens (including phenoxy) is 1. The number of para-hydroxylation sites is 1. The lowest BCUT2D eigenvalue weighted by Crippen LogP contribution is -2.47. The number of aryl methyl sites for hydroxylation is 1. The van der Waals surface area contributed by atoms with Crippen molar-refractivity contribution in [3.8, 4) is 0 Å². The van der Waals surface area contributed by atoms with Gasteiger partial charge in [-0.3, -0.25) is 14.0 Å². The zero-order valence-electron chi connectivity index (χ0n) is 18.7. The number of nitrogens with zero attached hydrogens (tertiary/aromatic N) is 3. The molecule has 0 unspecified atom stereocenters. The molecule has 8 heteroatoms. The highest BCUT2D eigenvalue weighted by Gasteiger charge is 2.25. The lowest BCUT2D eigenvalue weighted by molar-refractivity contribution is -0.130. The van der Waals surface area contributed by atoms with Crippen molar-refractivity contribution in [1.82, 2.24) is 9.80 Å². The van der Waals surface area contributed by atoms with Crippen molar-refractivity contribution in [1.29, 1.82) is 0 Å². The minimum Gasteiger partial charge on any atom is -0.379 e. The van der Waals surface area contributed by atoms with Crippen LogP contribution in [0.4, 0.5) is 5.69 Å². The van der Waals surface area contributed by atoms with Crippen LogP contribution in [0.1, 0.15) is 38.2 Å². The standard InChI is InChI=1S/C22H37N3O4S/c1-4-5-6-9-12-24(14-13-23-15-17-29-18-16-23)22(26)19-25(30(3,27)28)21-11-8-7-10-20(21)2/h7-8,10-11H,4-6,9,12-19H2,1-3H3. The smallest absolute Gasteiger partial charge is 0.243 e. The molecule has 2 rings (SSSR count). The Morgan fingerprint density at radius 2 is 1.80 bits per heavy atom. The number of rotatable bonds is 12. The Morgan fingerprint density at radius 3 is 2.43 bits per heavy atom. The second-order valence-electron chi connectivity index (χ2n) is 7.95. The highest BCUT2D eigenvalue weighted by atomic mass is 32.2. The Hall–Kier alpha value is -1.64. The quantitative estimate of drug-likeness (QED) is 0.468. The zero-order valence-corrected chi connectivity index (χ0v) is 19.5. The summed E-state index contributed by atoms with van der Waals surface area (Å²) in [5.41, 5.74) is 1.39. The number of carbonyl (C=O) groups excluding carboxylic acids is 1. The Morgan fingerprint density at radius 1 is 1.10 bits per heavy atom. The first kappa shape index (κ1) is 24.6. The summed E-state index contributed by atoms with van der Waals surface area (Å²) in [6.07, 6.45) is 5.45. The van der Waals surface area contributed by atoms with Crippen LogP contribution in [0.5, 0.6) is 0 Å². The maximum absolute atomic E-state index is 13.2. The molecule has 1 aliphatic rings. The summed E-state index contributed by atoms with van der Waals surface area (Å²) in [6, 6.07) is 7.28. The van der Waals surface area contributed by atoms with Crippen LogP contribution in [0.2, 0.25) is 0 Å². The zero-order chi connectivity index (χ0) is 22.0. The number of hydrogen-bond acceptors (Lipinski definition) is 5. The van der Waals surface area contributed by atoms with Crippen molar-refractivity contribution in [2.45, 2.75) is 39.5 Å². The largest absolute Gasteiger partial charge is 0.379 e. The molecule has 0 N–H and O–H groups in total. The summed E-state index contributed by atoms with van der Waals surface area (Å²) in [4.78, 5) is 17.3. The third-order valence-corrected chi connectivity index (χ3v) is 6.61. The number of anilines is 1. The fourth-order valence-electron chi connectivity index (χ4n) is 3.62. The van der Waals surface area contributed by atoms with Crippen molar-refractivity contribution in [2.24, 2.45) is 0 Å². The van der Waals surface area contributed by atoms with E-state index in [0.29, 0.717) is 18.8 Å². The molecule has 0 bridgehead atoms. The van der Waals surface area contributed by atoms with Gasteiger partial charge in [0, 0.05) is 32.7 Å². The molecule has 0 spiro atoms. The first-order valence-electron chi connectivity index (χ1n) is 10.9. The van der Waals surface area contributed by atoms with Gasteiger partial charge >= 0.3 is 0 Å². The van der Waals surface area contributed by atoms with Crippen LogP contribution in [-0.4, -0.2) is 82.9 Å². The summed E-state index contributed by atoms with van der Waals surface area (Å²) < 4.78 is 31.6. The molecule has 1 aliphatic heterocycles. The fraction of sp³-hybridized carbons (Fsp3) is 0.682. The Kier molecular flexibility index (Phi) is 10.1. The Balaban J connectivity index is 2.09. The molecule has 1 amide bonds. The van der Waals surface area contributed by atoms with E-state index in [1.165, 1.54) is 4.31 Å². The van der Waals surface area contributed by atoms with Gasteiger partial charge in [-0.25, -0.2) is 8.42 Å².